The normalized spacial score (nSPS) is 10.2. The standard InChI is InChI=1S/C8H9ClFNO2/c1-13-5-2-7(9)6(4-11-12)8(10)3-5/h2-3,11-12H,4H2,1H3. The molecule has 2 N–H and O–H groups in total. The summed E-state index contributed by atoms with van der Waals surface area (Å²) in [6, 6.07) is 2.69. The molecule has 1 rings (SSSR count). The minimum absolute atomic E-state index is 0.0331. The van der Waals surface area contributed by atoms with E-state index in [2.05, 4.69) is 0 Å². The Morgan fingerprint density at radius 3 is 2.77 bits per heavy atom. The number of ether oxygens (including phenoxy) is 1. The monoisotopic (exact) mass is 205 g/mol. The van der Waals surface area contributed by atoms with Gasteiger partial charge in [-0.3, -0.25) is 0 Å². The first-order valence-corrected chi connectivity index (χ1v) is 3.95. The molecule has 0 saturated heterocycles. The van der Waals surface area contributed by atoms with Crippen molar-refractivity contribution in [1.29, 1.82) is 0 Å². The second-order valence-electron chi connectivity index (χ2n) is 2.40. The third-order valence-corrected chi connectivity index (χ3v) is 1.94. The number of hydrogen-bond donors (Lipinski definition) is 2. The smallest absolute Gasteiger partial charge is 0.132 e. The van der Waals surface area contributed by atoms with E-state index in [1.54, 1.807) is 0 Å². The van der Waals surface area contributed by atoms with Gasteiger partial charge in [0.15, 0.2) is 0 Å². The number of hydrogen-bond acceptors (Lipinski definition) is 3. The fraction of sp³-hybridized carbons (Fsp3) is 0.250. The van der Waals surface area contributed by atoms with Gasteiger partial charge in [0, 0.05) is 11.6 Å². The molecule has 0 aliphatic rings. The zero-order chi connectivity index (χ0) is 9.84. The predicted molar refractivity (Wildman–Crippen MR) is 46.6 cm³/mol. The Hall–Kier alpha value is -0.840. The van der Waals surface area contributed by atoms with E-state index in [-0.39, 0.29) is 17.1 Å². The van der Waals surface area contributed by atoms with Crippen LogP contribution in [0.4, 0.5) is 4.39 Å². The van der Waals surface area contributed by atoms with E-state index in [0.29, 0.717) is 5.75 Å². The lowest BCUT2D eigenvalue weighted by Gasteiger charge is -2.06. The number of nitrogens with one attached hydrogen (secondary N) is 1. The van der Waals surface area contributed by atoms with E-state index in [9.17, 15) is 4.39 Å². The number of benzene rings is 1. The van der Waals surface area contributed by atoms with E-state index in [1.807, 2.05) is 5.48 Å². The molecule has 0 aliphatic heterocycles. The van der Waals surface area contributed by atoms with Gasteiger partial charge in [-0.2, -0.15) is 0 Å². The van der Waals surface area contributed by atoms with Crippen LogP contribution in [0.1, 0.15) is 5.56 Å². The lowest BCUT2D eigenvalue weighted by Crippen LogP contribution is -2.08. The van der Waals surface area contributed by atoms with Gasteiger partial charge in [-0.15, -0.1) is 0 Å². The zero-order valence-corrected chi connectivity index (χ0v) is 7.73. The predicted octanol–water partition coefficient (Wildman–Crippen LogP) is 1.97. The van der Waals surface area contributed by atoms with E-state index in [4.69, 9.17) is 21.5 Å². The van der Waals surface area contributed by atoms with E-state index < -0.39 is 5.82 Å². The van der Waals surface area contributed by atoms with Gasteiger partial charge in [-0.25, -0.2) is 9.87 Å². The van der Waals surface area contributed by atoms with E-state index in [0.717, 1.165) is 0 Å². The van der Waals surface area contributed by atoms with Crippen molar-refractivity contribution < 1.29 is 14.3 Å². The molecule has 0 spiro atoms. The van der Waals surface area contributed by atoms with Crippen molar-refractivity contribution in [2.45, 2.75) is 6.54 Å². The summed E-state index contributed by atoms with van der Waals surface area (Å²) in [4.78, 5) is 0. The van der Waals surface area contributed by atoms with Crippen LogP contribution >= 0.6 is 11.6 Å². The Bertz CT molecular complexity index is 283. The number of methoxy groups -OCH3 is 1. The maximum atomic E-state index is 13.2. The van der Waals surface area contributed by atoms with Gasteiger partial charge in [0.05, 0.1) is 18.7 Å². The van der Waals surface area contributed by atoms with Crippen molar-refractivity contribution in [2.24, 2.45) is 0 Å². The summed E-state index contributed by atoms with van der Waals surface area (Å²) in [5.41, 5.74) is 2.05. The average Bonchev–Trinajstić information content (AvgIpc) is 2.11. The summed E-state index contributed by atoms with van der Waals surface area (Å²) in [5.74, 6) is -0.157. The van der Waals surface area contributed by atoms with Gasteiger partial charge >= 0.3 is 0 Å². The minimum atomic E-state index is -0.508. The molecule has 0 atom stereocenters. The Morgan fingerprint density at radius 2 is 2.31 bits per heavy atom. The highest BCUT2D eigenvalue weighted by molar-refractivity contribution is 6.31. The van der Waals surface area contributed by atoms with Gasteiger partial charge in [0.25, 0.3) is 0 Å². The fourth-order valence-electron chi connectivity index (χ4n) is 0.946. The van der Waals surface area contributed by atoms with Gasteiger partial charge < -0.3 is 9.94 Å². The molecule has 5 heteroatoms. The van der Waals surface area contributed by atoms with Crippen LogP contribution in [0.25, 0.3) is 0 Å². The second-order valence-corrected chi connectivity index (χ2v) is 2.81. The molecule has 0 aliphatic carbocycles. The van der Waals surface area contributed by atoms with Crippen molar-refractivity contribution in [2.75, 3.05) is 7.11 Å². The molecule has 0 aromatic heterocycles. The minimum Gasteiger partial charge on any atom is -0.497 e. The molecule has 1 aromatic rings. The molecule has 0 unspecified atom stereocenters. The molecular formula is C8H9ClFNO2. The van der Waals surface area contributed by atoms with Gasteiger partial charge in [0.1, 0.15) is 11.6 Å². The summed E-state index contributed by atoms with van der Waals surface area (Å²) in [5, 5.41) is 8.61. The Morgan fingerprint density at radius 1 is 1.62 bits per heavy atom. The molecule has 1 aromatic carbocycles. The highest BCUT2D eigenvalue weighted by Gasteiger charge is 2.09. The molecule has 0 saturated carbocycles. The van der Waals surface area contributed by atoms with E-state index >= 15 is 0 Å². The van der Waals surface area contributed by atoms with Crippen LogP contribution in [0.5, 0.6) is 5.75 Å². The molecule has 72 valence electrons. The largest absolute Gasteiger partial charge is 0.497 e. The van der Waals surface area contributed by atoms with Crippen LogP contribution in [0, 0.1) is 5.82 Å². The summed E-state index contributed by atoms with van der Waals surface area (Å²) >= 11 is 5.72. The number of halogens is 2. The fourth-order valence-corrected chi connectivity index (χ4v) is 1.21. The summed E-state index contributed by atoms with van der Waals surface area (Å²) in [7, 11) is 1.43. The Kier molecular flexibility index (Phi) is 3.48. The van der Waals surface area contributed by atoms with E-state index in [1.165, 1.54) is 19.2 Å². The first-order valence-electron chi connectivity index (χ1n) is 3.58. The summed E-state index contributed by atoms with van der Waals surface area (Å²) in [6.07, 6.45) is 0. The summed E-state index contributed by atoms with van der Waals surface area (Å²) < 4.78 is 18.0. The van der Waals surface area contributed by atoms with Crippen molar-refractivity contribution in [3.05, 3.63) is 28.5 Å². The molecule has 0 radical (unpaired) electrons. The number of rotatable bonds is 3. The third-order valence-electron chi connectivity index (χ3n) is 1.61. The molecule has 0 amide bonds. The highest BCUT2D eigenvalue weighted by Crippen LogP contribution is 2.25. The lowest BCUT2D eigenvalue weighted by molar-refractivity contribution is 0.160. The maximum Gasteiger partial charge on any atom is 0.132 e. The molecule has 13 heavy (non-hydrogen) atoms. The van der Waals surface area contributed by atoms with Gasteiger partial charge in [0.2, 0.25) is 0 Å². The lowest BCUT2D eigenvalue weighted by atomic mass is 10.2. The van der Waals surface area contributed by atoms with Gasteiger partial charge in [-0.05, 0) is 6.07 Å². The van der Waals surface area contributed by atoms with Crippen LogP contribution in [0.2, 0.25) is 5.02 Å². The van der Waals surface area contributed by atoms with Crippen LogP contribution in [-0.2, 0) is 6.54 Å². The molecule has 0 fully saturated rings. The second kappa shape index (κ2) is 4.41. The van der Waals surface area contributed by atoms with Crippen molar-refractivity contribution in [3.63, 3.8) is 0 Å². The van der Waals surface area contributed by atoms with Crippen molar-refractivity contribution >= 4 is 11.6 Å². The quantitative estimate of drug-likeness (QED) is 0.742. The van der Waals surface area contributed by atoms with Crippen LogP contribution in [0.15, 0.2) is 12.1 Å². The molecule has 0 heterocycles. The van der Waals surface area contributed by atoms with Crippen LogP contribution in [0.3, 0.4) is 0 Å². The topological polar surface area (TPSA) is 41.5 Å². The zero-order valence-electron chi connectivity index (χ0n) is 6.97. The van der Waals surface area contributed by atoms with Crippen molar-refractivity contribution in [3.8, 4) is 5.75 Å². The Balaban J connectivity index is 3.07. The first-order chi connectivity index (χ1) is 6.19. The molecule has 3 nitrogen and oxygen atoms in total. The van der Waals surface area contributed by atoms with Crippen LogP contribution in [-0.4, -0.2) is 12.3 Å². The average molecular weight is 206 g/mol. The molecular weight excluding hydrogens is 197 g/mol. The van der Waals surface area contributed by atoms with Crippen LogP contribution < -0.4 is 10.2 Å². The highest BCUT2D eigenvalue weighted by atomic mass is 35.5. The van der Waals surface area contributed by atoms with Crippen molar-refractivity contribution in [1.82, 2.24) is 5.48 Å². The SMILES string of the molecule is COc1cc(F)c(CNO)c(Cl)c1. The maximum absolute atomic E-state index is 13.2. The third kappa shape index (κ3) is 2.30. The first kappa shape index (κ1) is 10.2. The Labute approximate surface area is 80.0 Å². The molecule has 0 bridgehead atoms. The van der Waals surface area contributed by atoms with Gasteiger partial charge in [-0.1, -0.05) is 11.6 Å². The number of hydroxylamine groups is 1. The summed E-state index contributed by atoms with van der Waals surface area (Å²) in [6.45, 7) is -0.0331.